The lowest BCUT2D eigenvalue weighted by Gasteiger charge is -2.21. The number of nitrogens with one attached hydrogen (secondary N) is 1. The largest absolute Gasteiger partial charge is 0.312 e. The number of thioether (sulfide) groups is 1. The van der Waals surface area contributed by atoms with E-state index in [0.29, 0.717) is 11.7 Å². The van der Waals surface area contributed by atoms with Crippen LogP contribution in [0.3, 0.4) is 0 Å². The number of aromatic amines is 1. The molecule has 0 aliphatic rings. The second kappa shape index (κ2) is 7.03. The van der Waals surface area contributed by atoms with E-state index in [1.54, 1.807) is 4.90 Å². The van der Waals surface area contributed by atoms with Crippen LogP contribution >= 0.6 is 11.8 Å². The molecule has 7 heteroatoms. The van der Waals surface area contributed by atoms with Crippen LogP contribution in [0.4, 0.5) is 5.69 Å². The molecule has 0 saturated heterocycles. The van der Waals surface area contributed by atoms with Gasteiger partial charge in [0.15, 0.2) is 5.16 Å². The highest BCUT2D eigenvalue weighted by molar-refractivity contribution is 7.99. The van der Waals surface area contributed by atoms with Crippen molar-refractivity contribution < 1.29 is 4.79 Å². The van der Waals surface area contributed by atoms with E-state index < -0.39 is 0 Å². The van der Waals surface area contributed by atoms with Crippen molar-refractivity contribution in [2.24, 2.45) is 0 Å². The number of benzene rings is 1. The van der Waals surface area contributed by atoms with Crippen molar-refractivity contribution in [3.8, 4) is 0 Å². The predicted octanol–water partition coefficient (Wildman–Crippen LogP) is 1.62. The van der Waals surface area contributed by atoms with Crippen LogP contribution in [0, 0.1) is 6.92 Å². The number of hydrogen-bond acceptors (Lipinski definition) is 5. The van der Waals surface area contributed by atoms with Gasteiger partial charge in [0, 0.05) is 12.2 Å². The van der Waals surface area contributed by atoms with Crippen LogP contribution in [-0.2, 0) is 4.79 Å². The lowest BCUT2D eigenvalue weighted by molar-refractivity contribution is -0.116. The van der Waals surface area contributed by atoms with Gasteiger partial charge in [-0.05, 0) is 31.5 Å². The molecule has 1 heterocycles. The molecule has 1 N–H and O–H groups in total. The van der Waals surface area contributed by atoms with Gasteiger partial charge in [-0.1, -0.05) is 23.9 Å². The quantitative estimate of drug-likeness (QED) is 0.849. The van der Waals surface area contributed by atoms with E-state index in [1.807, 2.05) is 38.1 Å². The van der Waals surface area contributed by atoms with Crippen LogP contribution in [0.1, 0.15) is 12.5 Å². The van der Waals surface area contributed by atoms with Crippen molar-refractivity contribution in [3.05, 3.63) is 46.4 Å². The van der Waals surface area contributed by atoms with Gasteiger partial charge in [-0.15, -0.1) is 5.10 Å². The normalized spacial score (nSPS) is 10.4. The number of anilines is 1. The first-order valence-electron chi connectivity index (χ1n) is 6.52. The lowest BCUT2D eigenvalue weighted by Crippen LogP contribution is -2.32. The first-order chi connectivity index (χ1) is 10.1. The molecule has 0 radical (unpaired) electrons. The summed E-state index contributed by atoms with van der Waals surface area (Å²) in [5.74, 6) is 0.149. The molecular weight excluding hydrogens is 288 g/mol. The van der Waals surface area contributed by atoms with E-state index in [-0.39, 0.29) is 17.2 Å². The molecule has 1 amide bonds. The molecule has 110 valence electrons. The van der Waals surface area contributed by atoms with Gasteiger partial charge in [0.1, 0.15) is 6.20 Å². The Morgan fingerprint density at radius 1 is 1.43 bits per heavy atom. The van der Waals surface area contributed by atoms with Crippen LogP contribution in [0.15, 0.2) is 40.4 Å². The van der Waals surface area contributed by atoms with Crippen molar-refractivity contribution in [1.82, 2.24) is 15.2 Å². The molecule has 6 nitrogen and oxygen atoms in total. The molecule has 21 heavy (non-hydrogen) atoms. The molecule has 0 spiro atoms. The Labute approximate surface area is 126 Å². The Morgan fingerprint density at radius 2 is 2.24 bits per heavy atom. The number of carbonyl (C=O) groups is 1. The highest BCUT2D eigenvalue weighted by atomic mass is 32.2. The molecule has 0 unspecified atom stereocenters. The predicted molar refractivity (Wildman–Crippen MR) is 82.6 cm³/mol. The Bertz CT molecular complexity index is 686. The second-order valence-electron chi connectivity index (χ2n) is 4.40. The van der Waals surface area contributed by atoms with Gasteiger partial charge in [-0.2, -0.15) is 5.10 Å². The van der Waals surface area contributed by atoms with E-state index in [1.165, 1.54) is 0 Å². The van der Waals surface area contributed by atoms with Crippen LogP contribution in [-0.4, -0.2) is 33.4 Å². The molecule has 0 fully saturated rings. The zero-order valence-corrected chi connectivity index (χ0v) is 12.7. The Morgan fingerprint density at radius 3 is 2.90 bits per heavy atom. The number of rotatable bonds is 5. The van der Waals surface area contributed by atoms with Gasteiger partial charge in [0.05, 0.1) is 5.75 Å². The second-order valence-corrected chi connectivity index (χ2v) is 5.37. The summed E-state index contributed by atoms with van der Waals surface area (Å²) in [4.78, 5) is 27.7. The van der Waals surface area contributed by atoms with Gasteiger partial charge in [0.2, 0.25) is 5.91 Å². The van der Waals surface area contributed by atoms with E-state index in [2.05, 4.69) is 15.2 Å². The van der Waals surface area contributed by atoms with E-state index in [4.69, 9.17) is 0 Å². The number of aryl methyl sites for hydroxylation is 1. The molecule has 0 aliphatic carbocycles. The Hall–Kier alpha value is -2.15. The van der Waals surface area contributed by atoms with Gasteiger partial charge in [-0.25, -0.2) is 0 Å². The number of aromatic nitrogens is 3. The Kier molecular flexibility index (Phi) is 5.10. The minimum Gasteiger partial charge on any atom is -0.312 e. The van der Waals surface area contributed by atoms with E-state index >= 15 is 0 Å². The van der Waals surface area contributed by atoms with Crippen molar-refractivity contribution >= 4 is 23.4 Å². The van der Waals surface area contributed by atoms with Crippen LogP contribution in [0.5, 0.6) is 0 Å². The third-order valence-corrected chi connectivity index (χ3v) is 3.67. The molecule has 1 aromatic carbocycles. The number of H-pyrrole nitrogens is 1. The monoisotopic (exact) mass is 304 g/mol. The summed E-state index contributed by atoms with van der Waals surface area (Å²) in [6, 6.07) is 7.79. The van der Waals surface area contributed by atoms with Gasteiger partial charge in [0.25, 0.3) is 5.56 Å². The maximum absolute atomic E-state index is 12.3. The third-order valence-electron chi connectivity index (χ3n) is 2.82. The molecule has 2 rings (SSSR count). The van der Waals surface area contributed by atoms with E-state index in [0.717, 1.165) is 29.2 Å². The van der Waals surface area contributed by atoms with Crippen LogP contribution in [0.25, 0.3) is 0 Å². The molecule has 0 atom stereocenters. The minimum absolute atomic E-state index is 0.0420. The lowest BCUT2D eigenvalue weighted by atomic mass is 10.2. The average molecular weight is 304 g/mol. The molecule has 0 aliphatic heterocycles. The fraction of sp³-hybridized carbons (Fsp3) is 0.286. The van der Waals surface area contributed by atoms with Gasteiger partial charge >= 0.3 is 0 Å². The maximum Gasteiger partial charge on any atom is 0.270 e. The molecule has 0 bridgehead atoms. The topological polar surface area (TPSA) is 79.0 Å². The van der Waals surface area contributed by atoms with E-state index in [9.17, 15) is 9.59 Å². The summed E-state index contributed by atoms with van der Waals surface area (Å²) in [5.41, 5.74) is 1.64. The molecule has 1 aromatic heterocycles. The number of nitrogens with zero attached hydrogens (tertiary/aromatic N) is 3. The van der Waals surface area contributed by atoms with Gasteiger partial charge < -0.3 is 4.90 Å². The number of hydrogen-bond donors (Lipinski definition) is 1. The molecular formula is C14H16N4O2S. The number of amides is 1. The summed E-state index contributed by atoms with van der Waals surface area (Å²) < 4.78 is 0. The SMILES string of the molecule is CCN(C(=O)CSc1nncc(=O)[nH]1)c1cccc(C)c1. The average Bonchev–Trinajstić information content (AvgIpc) is 2.46. The van der Waals surface area contributed by atoms with Crippen molar-refractivity contribution in [2.75, 3.05) is 17.2 Å². The summed E-state index contributed by atoms with van der Waals surface area (Å²) >= 11 is 1.16. The summed E-state index contributed by atoms with van der Waals surface area (Å²) in [6.45, 7) is 4.50. The summed E-state index contributed by atoms with van der Waals surface area (Å²) in [5, 5.41) is 7.67. The molecule has 2 aromatic rings. The minimum atomic E-state index is -0.328. The fourth-order valence-electron chi connectivity index (χ4n) is 1.87. The standard InChI is InChI=1S/C14H16N4O2S/c1-3-18(11-6-4-5-10(2)7-11)13(20)9-21-14-16-12(19)8-15-17-14/h4-8H,3,9H2,1-2H3,(H,16,17,19). The first-order valence-corrected chi connectivity index (χ1v) is 7.50. The smallest absolute Gasteiger partial charge is 0.270 e. The van der Waals surface area contributed by atoms with Gasteiger partial charge in [-0.3, -0.25) is 14.6 Å². The van der Waals surface area contributed by atoms with Crippen molar-refractivity contribution in [2.45, 2.75) is 19.0 Å². The van der Waals surface area contributed by atoms with Crippen molar-refractivity contribution in [1.29, 1.82) is 0 Å². The summed E-state index contributed by atoms with van der Waals surface area (Å²) in [7, 11) is 0. The Balaban J connectivity index is 2.05. The highest BCUT2D eigenvalue weighted by Crippen LogP contribution is 2.18. The first kappa shape index (κ1) is 15.2. The highest BCUT2D eigenvalue weighted by Gasteiger charge is 2.14. The number of carbonyl (C=O) groups excluding carboxylic acids is 1. The zero-order chi connectivity index (χ0) is 15.2. The third kappa shape index (κ3) is 4.16. The van der Waals surface area contributed by atoms with Crippen molar-refractivity contribution in [3.63, 3.8) is 0 Å². The maximum atomic E-state index is 12.3. The molecule has 0 saturated carbocycles. The van der Waals surface area contributed by atoms with Crippen LogP contribution in [0.2, 0.25) is 0 Å². The summed E-state index contributed by atoms with van der Waals surface area (Å²) in [6.07, 6.45) is 1.09. The fourth-order valence-corrected chi connectivity index (χ4v) is 2.56. The zero-order valence-electron chi connectivity index (χ0n) is 11.9. The van der Waals surface area contributed by atoms with Crippen LogP contribution < -0.4 is 10.5 Å².